The Morgan fingerprint density at radius 3 is 2.25 bits per heavy atom. The summed E-state index contributed by atoms with van der Waals surface area (Å²) >= 11 is 0. The second-order valence-corrected chi connectivity index (χ2v) is 4.24. The highest BCUT2D eigenvalue weighted by atomic mass is 16.5. The van der Waals surface area contributed by atoms with Crippen LogP contribution in [0.4, 0.5) is 0 Å². The normalized spacial score (nSPS) is 10.6. The van der Waals surface area contributed by atoms with Crippen molar-refractivity contribution in [2.24, 2.45) is 0 Å². The zero-order chi connectivity index (χ0) is 14.9. The first-order valence-electron chi connectivity index (χ1n) is 7.00. The van der Waals surface area contributed by atoms with Crippen molar-refractivity contribution < 1.29 is 14.6 Å². The van der Waals surface area contributed by atoms with Crippen LogP contribution in [-0.2, 0) is 9.53 Å². The summed E-state index contributed by atoms with van der Waals surface area (Å²) in [6.45, 7) is 8.87. The molecule has 0 radical (unpaired) electrons. The van der Waals surface area contributed by atoms with Gasteiger partial charge in [-0.3, -0.25) is 15.4 Å². The van der Waals surface area contributed by atoms with Gasteiger partial charge in [0.25, 0.3) is 0 Å². The van der Waals surface area contributed by atoms with Gasteiger partial charge in [0.05, 0.1) is 20.0 Å². The molecule has 118 valence electrons. The van der Waals surface area contributed by atoms with E-state index in [9.17, 15) is 4.79 Å². The van der Waals surface area contributed by atoms with Gasteiger partial charge in [0.15, 0.2) is 0 Å². The van der Waals surface area contributed by atoms with Crippen LogP contribution in [0.1, 0.15) is 12.8 Å². The maximum atomic E-state index is 10.2. The fourth-order valence-corrected chi connectivity index (χ4v) is 1.40. The molecule has 0 unspecified atom stereocenters. The third-order valence-electron chi connectivity index (χ3n) is 2.40. The quantitative estimate of drug-likeness (QED) is 0.146. The average Bonchev–Trinajstić information content (AvgIpc) is 2.43. The molecular weight excluding hydrogens is 260 g/mol. The smallest absolute Gasteiger partial charge is 0.317 e. The molecule has 0 spiro atoms. The molecule has 0 rings (SSSR count). The van der Waals surface area contributed by atoms with Crippen molar-refractivity contribution in [2.45, 2.75) is 12.8 Å². The molecule has 0 aromatic heterocycles. The van der Waals surface area contributed by atoms with Crippen LogP contribution in [0.15, 0.2) is 12.7 Å². The first-order chi connectivity index (χ1) is 9.77. The van der Waals surface area contributed by atoms with Gasteiger partial charge >= 0.3 is 5.97 Å². The molecule has 0 aromatic rings. The van der Waals surface area contributed by atoms with Crippen LogP contribution in [0.5, 0.6) is 0 Å². The van der Waals surface area contributed by atoms with Crippen LogP contribution in [0.3, 0.4) is 0 Å². The van der Waals surface area contributed by atoms with Crippen LogP contribution < -0.4 is 21.3 Å². The monoisotopic (exact) mass is 288 g/mol. The molecule has 0 saturated heterocycles. The lowest BCUT2D eigenvalue weighted by molar-refractivity contribution is -0.136. The highest BCUT2D eigenvalue weighted by molar-refractivity contribution is 5.68. The third-order valence-corrected chi connectivity index (χ3v) is 2.40. The predicted molar refractivity (Wildman–Crippen MR) is 79.6 cm³/mol. The molecule has 0 aromatic carbocycles. The van der Waals surface area contributed by atoms with E-state index in [0.717, 1.165) is 45.6 Å². The van der Waals surface area contributed by atoms with Gasteiger partial charge in [-0.05, 0) is 19.4 Å². The van der Waals surface area contributed by atoms with Gasteiger partial charge in [-0.2, -0.15) is 0 Å². The van der Waals surface area contributed by atoms with Crippen molar-refractivity contribution in [1.29, 1.82) is 0 Å². The lowest BCUT2D eigenvalue weighted by atomic mass is 10.3. The summed E-state index contributed by atoms with van der Waals surface area (Å²) < 4.78 is 5.13. The van der Waals surface area contributed by atoms with Crippen LogP contribution in [0.25, 0.3) is 0 Å². The second kappa shape index (κ2) is 16.1. The summed E-state index contributed by atoms with van der Waals surface area (Å²) in [5, 5.41) is 20.7. The van der Waals surface area contributed by atoms with Gasteiger partial charge in [0.2, 0.25) is 0 Å². The number of carboxylic acids is 1. The lowest BCUT2D eigenvalue weighted by Crippen LogP contribution is -2.34. The summed E-state index contributed by atoms with van der Waals surface area (Å²) in [4.78, 5) is 10.2. The number of nitrogens with one attached hydrogen (secondary N) is 4. The Balaban J connectivity index is 2.95. The minimum atomic E-state index is -0.885. The summed E-state index contributed by atoms with van der Waals surface area (Å²) in [5.74, 6) is -0.885. The van der Waals surface area contributed by atoms with Gasteiger partial charge in [0.1, 0.15) is 0 Å². The van der Waals surface area contributed by atoms with Gasteiger partial charge in [-0.25, -0.2) is 0 Å². The molecule has 5 N–H and O–H groups in total. The Morgan fingerprint density at radius 1 is 1.00 bits per heavy atom. The molecule has 0 aliphatic carbocycles. The summed E-state index contributed by atoms with van der Waals surface area (Å²) in [6, 6.07) is 0. The molecule has 0 bridgehead atoms. The van der Waals surface area contributed by atoms with Crippen molar-refractivity contribution >= 4 is 5.97 Å². The minimum Gasteiger partial charge on any atom is -0.480 e. The maximum absolute atomic E-state index is 10.2. The highest BCUT2D eigenvalue weighted by Crippen LogP contribution is 1.84. The predicted octanol–water partition coefficient (Wildman–Crippen LogP) is -0.673. The SMILES string of the molecule is C=CCCCNCCNCCNCOCNCC(=O)O. The third kappa shape index (κ3) is 17.0. The fourth-order valence-electron chi connectivity index (χ4n) is 1.40. The Kier molecular flexibility index (Phi) is 15.3. The van der Waals surface area contributed by atoms with E-state index in [2.05, 4.69) is 27.8 Å². The average molecular weight is 288 g/mol. The number of hydrogen-bond acceptors (Lipinski definition) is 6. The second-order valence-electron chi connectivity index (χ2n) is 4.24. The molecule has 0 amide bonds. The lowest BCUT2D eigenvalue weighted by Gasteiger charge is -2.08. The Bertz CT molecular complexity index is 240. The number of ether oxygens (including phenoxy) is 1. The first kappa shape index (κ1) is 19.0. The summed E-state index contributed by atoms with van der Waals surface area (Å²) in [6.07, 6.45) is 4.13. The molecule has 0 aliphatic heterocycles. The van der Waals surface area contributed by atoms with Gasteiger partial charge in [-0.1, -0.05) is 6.08 Å². The number of allylic oxidation sites excluding steroid dienone is 1. The molecule has 0 atom stereocenters. The largest absolute Gasteiger partial charge is 0.480 e. The maximum Gasteiger partial charge on any atom is 0.317 e. The number of carbonyl (C=O) groups is 1. The number of rotatable bonds is 16. The summed E-state index contributed by atoms with van der Waals surface area (Å²) in [7, 11) is 0. The van der Waals surface area contributed by atoms with E-state index in [1.807, 2.05) is 6.08 Å². The molecule has 7 nitrogen and oxygen atoms in total. The molecule has 0 fully saturated rings. The van der Waals surface area contributed by atoms with Crippen molar-refractivity contribution in [3.05, 3.63) is 12.7 Å². The standard InChI is InChI=1S/C13H28N4O3/c1-2-3-4-5-14-6-7-15-8-9-16-11-20-12-17-10-13(18)19/h2,14-17H,1,3-12H2,(H,18,19). The number of carboxylic acid groups (broad SMARTS) is 1. The fraction of sp³-hybridized carbons (Fsp3) is 0.769. The van der Waals surface area contributed by atoms with Crippen LogP contribution in [0, 0.1) is 0 Å². The van der Waals surface area contributed by atoms with Gasteiger partial charge in [0, 0.05) is 26.2 Å². The Labute approximate surface area is 121 Å². The molecule has 7 heteroatoms. The topological polar surface area (TPSA) is 94.6 Å². The molecule has 0 saturated carbocycles. The molecule has 0 aliphatic rings. The molecular formula is C13H28N4O3. The van der Waals surface area contributed by atoms with Crippen LogP contribution in [-0.4, -0.2) is 63.8 Å². The van der Waals surface area contributed by atoms with E-state index in [0.29, 0.717) is 6.73 Å². The Hall–Kier alpha value is -0.990. The van der Waals surface area contributed by atoms with E-state index in [1.54, 1.807) is 0 Å². The van der Waals surface area contributed by atoms with E-state index < -0.39 is 5.97 Å². The Morgan fingerprint density at radius 2 is 1.60 bits per heavy atom. The van der Waals surface area contributed by atoms with E-state index >= 15 is 0 Å². The van der Waals surface area contributed by atoms with Gasteiger partial charge < -0.3 is 20.5 Å². The molecule has 0 heterocycles. The van der Waals surface area contributed by atoms with Crippen LogP contribution >= 0.6 is 0 Å². The number of hydrogen-bond donors (Lipinski definition) is 5. The zero-order valence-corrected chi connectivity index (χ0v) is 12.1. The van der Waals surface area contributed by atoms with Crippen molar-refractivity contribution in [3.8, 4) is 0 Å². The number of aliphatic carboxylic acids is 1. The van der Waals surface area contributed by atoms with Crippen molar-refractivity contribution in [1.82, 2.24) is 21.3 Å². The first-order valence-corrected chi connectivity index (χ1v) is 7.00. The number of unbranched alkanes of at least 4 members (excludes halogenated alkanes) is 1. The van der Waals surface area contributed by atoms with Crippen molar-refractivity contribution in [3.63, 3.8) is 0 Å². The van der Waals surface area contributed by atoms with E-state index in [1.165, 1.54) is 0 Å². The van der Waals surface area contributed by atoms with Gasteiger partial charge in [-0.15, -0.1) is 6.58 Å². The molecule has 20 heavy (non-hydrogen) atoms. The van der Waals surface area contributed by atoms with E-state index in [4.69, 9.17) is 9.84 Å². The highest BCUT2D eigenvalue weighted by Gasteiger charge is 1.94. The van der Waals surface area contributed by atoms with Crippen LogP contribution in [0.2, 0.25) is 0 Å². The van der Waals surface area contributed by atoms with E-state index in [-0.39, 0.29) is 13.3 Å². The van der Waals surface area contributed by atoms with Crippen molar-refractivity contribution in [2.75, 3.05) is 52.7 Å². The minimum absolute atomic E-state index is 0.0820. The zero-order valence-electron chi connectivity index (χ0n) is 12.1. The summed E-state index contributed by atoms with van der Waals surface area (Å²) in [5.41, 5.74) is 0.